The normalized spacial score (nSPS) is 17.5. The molecule has 1 heterocycles. The zero-order valence-electron chi connectivity index (χ0n) is 18.3. The van der Waals surface area contributed by atoms with Gasteiger partial charge in [0.1, 0.15) is 11.9 Å². The maximum atomic E-state index is 13.9. The lowest BCUT2D eigenvalue weighted by molar-refractivity contribution is 0.158. The number of aliphatic imine (C=N–C) groups is 1. The Hall–Kier alpha value is -1.71. The Morgan fingerprint density at radius 3 is 2.42 bits per heavy atom. The van der Waals surface area contributed by atoms with Crippen LogP contribution in [0.25, 0.3) is 0 Å². The van der Waals surface area contributed by atoms with E-state index in [0.29, 0.717) is 18.0 Å². The average molecular weight is 540 g/mol. The number of guanidine groups is 1. The number of aliphatic hydroxyl groups excluding tert-OH is 1. The second kappa shape index (κ2) is 13.0. The zero-order chi connectivity index (χ0) is 21.3. The topological polar surface area (TPSA) is 59.9 Å². The summed E-state index contributed by atoms with van der Waals surface area (Å²) in [6.07, 6.45) is 1.09. The number of rotatable bonds is 7. The smallest absolute Gasteiger partial charge is 0.191 e. The molecule has 5 nitrogen and oxygen atoms in total. The Balaban J connectivity index is 0.00000341. The van der Waals surface area contributed by atoms with Crippen LogP contribution >= 0.6 is 24.0 Å². The largest absolute Gasteiger partial charge is 0.386 e. The molecule has 0 saturated carbocycles. The van der Waals surface area contributed by atoms with Crippen molar-refractivity contribution in [2.24, 2.45) is 4.99 Å². The average Bonchev–Trinajstić information content (AvgIpc) is 2.78. The Bertz CT molecular complexity index is 812. The number of hydrogen-bond donors (Lipinski definition) is 3. The molecular formula is C24H34FIN4O. The van der Waals surface area contributed by atoms with E-state index in [9.17, 15) is 9.50 Å². The lowest BCUT2D eigenvalue weighted by Crippen LogP contribution is -2.49. The molecule has 0 spiro atoms. The first-order chi connectivity index (χ1) is 14.6. The van der Waals surface area contributed by atoms with Crippen LogP contribution in [0.4, 0.5) is 4.39 Å². The van der Waals surface area contributed by atoms with E-state index in [2.05, 4.69) is 57.8 Å². The quantitative estimate of drug-likeness (QED) is 0.279. The van der Waals surface area contributed by atoms with Crippen molar-refractivity contribution >= 4 is 29.9 Å². The van der Waals surface area contributed by atoms with Crippen molar-refractivity contribution in [1.29, 1.82) is 0 Å². The summed E-state index contributed by atoms with van der Waals surface area (Å²) < 4.78 is 13.9. The number of likely N-dealkylation sites (tertiary alicyclic amines) is 1. The molecule has 0 aliphatic carbocycles. The molecule has 1 aliphatic rings. The number of nitrogens with one attached hydrogen (secondary N) is 2. The first-order valence-corrected chi connectivity index (χ1v) is 10.8. The number of benzene rings is 2. The summed E-state index contributed by atoms with van der Waals surface area (Å²) in [6, 6.07) is 17.6. The molecule has 0 radical (unpaired) electrons. The fraction of sp³-hybridized carbons (Fsp3) is 0.458. The molecule has 2 aromatic carbocycles. The molecule has 31 heavy (non-hydrogen) atoms. The van der Waals surface area contributed by atoms with Gasteiger partial charge in [-0.15, -0.1) is 24.0 Å². The summed E-state index contributed by atoms with van der Waals surface area (Å²) in [4.78, 5) is 7.00. The summed E-state index contributed by atoms with van der Waals surface area (Å²) in [5.74, 6) is 0.264. The van der Waals surface area contributed by atoms with Crippen molar-refractivity contribution in [3.63, 3.8) is 0 Å². The van der Waals surface area contributed by atoms with Crippen LogP contribution in [-0.4, -0.2) is 48.2 Å². The van der Waals surface area contributed by atoms with Gasteiger partial charge in [0.2, 0.25) is 0 Å². The third-order valence-electron chi connectivity index (χ3n) is 5.73. The van der Waals surface area contributed by atoms with Gasteiger partial charge in [0, 0.05) is 37.3 Å². The third-order valence-corrected chi connectivity index (χ3v) is 5.73. The van der Waals surface area contributed by atoms with E-state index in [4.69, 9.17) is 0 Å². The third kappa shape index (κ3) is 7.43. The van der Waals surface area contributed by atoms with Gasteiger partial charge in [0.25, 0.3) is 0 Å². The standard InChI is InChI=1S/C24H33FN4O.HI/c1-3-26-24(27-17-23(30)21-11-7-8-12-22(21)25)28-20-13-15-29(16-14-20)18(2)19-9-5-4-6-10-19;/h4-12,18,20,23,30H,3,13-17H2,1-2H3,(H2,26,27,28);1H. The molecule has 3 N–H and O–H groups in total. The van der Waals surface area contributed by atoms with Gasteiger partial charge in [-0.1, -0.05) is 48.5 Å². The molecule has 170 valence electrons. The van der Waals surface area contributed by atoms with E-state index in [1.54, 1.807) is 18.2 Å². The predicted octanol–water partition coefficient (Wildman–Crippen LogP) is 4.26. The van der Waals surface area contributed by atoms with Crippen LogP contribution in [0.5, 0.6) is 0 Å². The van der Waals surface area contributed by atoms with Crippen LogP contribution in [-0.2, 0) is 0 Å². The number of halogens is 2. The predicted molar refractivity (Wildman–Crippen MR) is 135 cm³/mol. The highest BCUT2D eigenvalue weighted by molar-refractivity contribution is 14.0. The monoisotopic (exact) mass is 540 g/mol. The SMILES string of the molecule is CCNC(=NCC(O)c1ccccc1F)NC1CCN(C(C)c2ccccc2)CC1.I. The fourth-order valence-corrected chi connectivity index (χ4v) is 3.91. The Morgan fingerprint density at radius 1 is 1.13 bits per heavy atom. The molecule has 0 amide bonds. The van der Waals surface area contributed by atoms with Crippen molar-refractivity contribution in [1.82, 2.24) is 15.5 Å². The summed E-state index contributed by atoms with van der Waals surface area (Å²) in [6.45, 7) is 7.15. The van der Waals surface area contributed by atoms with Crippen molar-refractivity contribution in [2.75, 3.05) is 26.2 Å². The summed E-state index contributed by atoms with van der Waals surface area (Å²) in [5, 5.41) is 17.0. The minimum Gasteiger partial charge on any atom is -0.386 e. The summed E-state index contributed by atoms with van der Waals surface area (Å²) in [7, 11) is 0. The van der Waals surface area contributed by atoms with E-state index >= 15 is 0 Å². The highest BCUT2D eigenvalue weighted by atomic mass is 127. The maximum Gasteiger partial charge on any atom is 0.191 e. The second-order valence-corrected chi connectivity index (χ2v) is 7.80. The van der Waals surface area contributed by atoms with Gasteiger partial charge in [0.05, 0.1) is 6.54 Å². The minimum atomic E-state index is -0.963. The minimum absolute atomic E-state index is 0. The molecule has 0 aromatic heterocycles. The zero-order valence-corrected chi connectivity index (χ0v) is 20.6. The highest BCUT2D eigenvalue weighted by Crippen LogP contribution is 2.24. The van der Waals surface area contributed by atoms with E-state index < -0.39 is 11.9 Å². The van der Waals surface area contributed by atoms with Crippen molar-refractivity contribution in [2.45, 2.75) is 44.9 Å². The van der Waals surface area contributed by atoms with Gasteiger partial charge in [-0.05, 0) is 38.3 Å². The van der Waals surface area contributed by atoms with Gasteiger partial charge in [-0.25, -0.2) is 4.39 Å². The first kappa shape index (κ1) is 25.5. The molecular weight excluding hydrogens is 506 g/mol. The van der Waals surface area contributed by atoms with Crippen molar-refractivity contribution < 1.29 is 9.50 Å². The van der Waals surface area contributed by atoms with Crippen LogP contribution < -0.4 is 10.6 Å². The highest BCUT2D eigenvalue weighted by Gasteiger charge is 2.24. The fourth-order valence-electron chi connectivity index (χ4n) is 3.91. The lowest BCUT2D eigenvalue weighted by atomic mass is 10.0. The van der Waals surface area contributed by atoms with Gasteiger partial charge in [0.15, 0.2) is 5.96 Å². The molecule has 1 aliphatic heterocycles. The van der Waals surface area contributed by atoms with Crippen LogP contribution in [0, 0.1) is 5.82 Å². The molecule has 2 unspecified atom stereocenters. The van der Waals surface area contributed by atoms with E-state index in [0.717, 1.165) is 32.5 Å². The van der Waals surface area contributed by atoms with E-state index in [1.165, 1.54) is 11.6 Å². The molecule has 2 aromatic rings. The van der Waals surface area contributed by atoms with Crippen LogP contribution in [0.3, 0.4) is 0 Å². The van der Waals surface area contributed by atoms with E-state index in [-0.39, 0.29) is 36.1 Å². The maximum absolute atomic E-state index is 13.9. The first-order valence-electron chi connectivity index (χ1n) is 10.8. The molecule has 1 saturated heterocycles. The molecule has 1 fully saturated rings. The van der Waals surface area contributed by atoms with Crippen LogP contribution in [0.1, 0.15) is 50.0 Å². The summed E-state index contributed by atoms with van der Waals surface area (Å²) >= 11 is 0. The second-order valence-electron chi connectivity index (χ2n) is 7.80. The van der Waals surface area contributed by atoms with Gasteiger partial charge in [-0.3, -0.25) is 9.89 Å². The number of nitrogens with zero attached hydrogens (tertiary/aromatic N) is 2. The van der Waals surface area contributed by atoms with Crippen molar-refractivity contribution in [3.8, 4) is 0 Å². The lowest BCUT2D eigenvalue weighted by Gasteiger charge is -2.37. The van der Waals surface area contributed by atoms with Crippen LogP contribution in [0.2, 0.25) is 0 Å². The van der Waals surface area contributed by atoms with Crippen LogP contribution in [0.15, 0.2) is 59.6 Å². The van der Waals surface area contributed by atoms with E-state index in [1.807, 2.05) is 6.92 Å². The Kier molecular flexibility index (Phi) is 10.7. The number of hydrogen-bond acceptors (Lipinski definition) is 3. The van der Waals surface area contributed by atoms with Crippen molar-refractivity contribution in [3.05, 3.63) is 71.5 Å². The van der Waals surface area contributed by atoms with Gasteiger partial charge in [-0.2, -0.15) is 0 Å². The molecule has 0 bridgehead atoms. The molecule has 7 heteroatoms. The summed E-state index contributed by atoms with van der Waals surface area (Å²) in [5.41, 5.74) is 1.63. The molecule has 2 atom stereocenters. The number of piperidine rings is 1. The Labute approximate surface area is 202 Å². The van der Waals surface area contributed by atoms with Gasteiger partial charge >= 0.3 is 0 Å². The molecule has 3 rings (SSSR count). The number of aliphatic hydroxyl groups is 1. The Morgan fingerprint density at radius 2 is 1.77 bits per heavy atom. The van der Waals surface area contributed by atoms with Gasteiger partial charge < -0.3 is 15.7 Å².